The number of aliphatic hydroxyl groups excluding tert-OH is 2. The molecule has 2 aromatic heterocycles. The number of nitrogens with zero attached hydrogens (tertiary/aromatic N) is 3. The van der Waals surface area contributed by atoms with E-state index in [1.807, 2.05) is 0 Å². The standard InChI is InChI=1S/C25H30ClN4O14PS/c26-21-16(9-27)18(28-14-3-1-2-4-14)15-5-6-30(22(15)29-21)23-20(32)19(31)17(44-23)10-46(36,37)13-45(35)42-11-40-24(33)38-7-8-39-25(34)41-12-43-45/h5-6,14,17,19-20,23,31-32H,1-4,7-8,10-13H2,(H,28,29)/t17-,19-,20-,23-/m1/s1. The Morgan fingerprint density at radius 3 is 2.30 bits per heavy atom. The Morgan fingerprint density at radius 1 is 1.07 bits per heavy atom. The molecule has 3 aliphatic rings. The maximum Gasteiger partial charge on any atom is 0.510 e. The summed E-state index contributed by atoms with van der Waals surface area (Å²) in [5.74, 6) is -0.968. The van der Waals surface area contributed by atoms with Crippen LogP contribution >= 0.6 is 19.2 Å². The van der Waals surface area contributed by atoms with Gasteiger partial charge in [-0.25, -0.2) is 23.0 Å². The zero-order valence-corrected chi connectivity index (χ0v) is 26.4. The van der Waals surface area contributed by atoms with E-state index in [0.717, 1.165) is 25.7 Å². The summed E-state index contributed by atoms with van der Waals surface area (Å²) in [5, 5.41) is 35.2. The Kier molecular flexibility index (Phi) is 10.6. The summed E-state index contributed by atoms with van der Waals surface area (Å²) in [6, 6.07) is 3.81. The molecule has 1 aliphatic carbocycles. The first-order chi connectivity index (χ1) is 21.9. The summed E-state index contributed by atoms with van der Waals surface area (Å²) >= 11 is 6.36. The second-order valence-corrected chi connectivity index (χ2v) is 15.5. The largest absolute Gasteiger partial charge is 0.510 e. The van der Waals surface area contributed by atoms with Gasteiger partial charge in [-0.2, -0.15) is 5.26 Å². The van der Waals surface area contributed by atoms with E-state index in [4.69, 9.17) is 25.4 Å². The van der Waals surface area contributed by atoms with E-state index in [0.29, 0.717) is 11.1 Å². The Morgan fingerprint density at radius 2 is 1.70 bits per heavy atom. The number of carbonyl (C=O) groups is 2. The van der Waals surface area contributed by atoms with Crippen molar-refractivity contribution in [1.82, 2.24) is 9.55 Å². The number of sulfone groups is 1. The van der Waals surface area contributed by atoms with Crippen molar-refractivity contribution < 1.29 is 65.5 Å². The first-order valence-corrected chi connectivity index (χ1v) is 17.9. The molecule has 0 spiro atoms. The molecule has 0 radical (unpaired) electrons. The maximum atomic E-state index is 13.2. The van der Waals surface area contributed by atoms with Crippen LogP contribution in [0.5, 0.6) is 0 Å². The number of pyridine rings is 1. The number of hydrogen-bond acceptors (Lipinski definition) is 17. The second kappa shape index (κ2) is 14.3. The van der Waals surface area contributed by atoms with Crippen LogP contribution in [0.4, 0.5) is 15.3 Å². The molecule has 46 heavy (non-hydrogen) atoms. The highest BCUT2D eigenvalue weighted by molar-refractivity contribution is 7.97. The monoisotopic (exact) mass is 708 g/mol. The van der Waals surface area contributed by atoms with Crippen LogP contribution in [0.25, 0.3) is 11.0 Å². The fourth-order valence-corrected chi connectivity index (χ4v) is 9.71. The van der Waals surface area contributed by atoms with Crippen molar-refractivity contribution in [2.45, 2.75) is 56.3 Å². The van der Waals surface area contributed by atoms with Gasteiger partial charge < -0.3 is 43.8 Å². The number of fused-ring (bicyclic) bond motifs is 1. The number of rotatable bonds is 7. The van der Waals surface area contributed by atoms with E-state index >= 15 is 0 Å². The molecule has 18 nitrogen and oxygen atoms in total. The van der Waals surface area contributed by atoms with E-state index in [2.05, 4.69) is 35.3 Å². The highest BCUT2D eigenvalue weighted by Gasteiger charge is 2.47. The third-order valence-electron chi connectivity index (χ3n) is 7.39. The summed E-state index contributed by atoms with van der Waals surface area (Å²) in [7, 11) is -9.18. The van der Waals surface area contributed by atoms with Gasteiger partial charge in [0.15, 0.2) is 26.7 Å². The number of carbonyl (C=O) groups excluding carboxylic acids is 2. The molecule has 21 heteroatoms. The second-order valence-electron chi connectivity index (χ2n) is 10.5. The first kappa shape index (κ1) is 34.1. The van der Waals surface area contributed by atoms with E-state index in [1.165, 1.54) is 10.8 Å². The lowest BCUT2D eigenvalue weighted by Gasteiger charge is -2.20. The molecule has 0 amide bonds. The van der Waals surface area contributed by atoms with Crippen molar-refractivity contribution in [1.29, 1.82) is 5.26 Å². The number of cyclic esters (lactones) is 4. The van der Waals surface area contributed by atoms with E-state index in [-0.39, 0.29) is 22.4 Å². The summed E-state index contributed by atoms with van der Waals surface area (Å²) in [6.07, 6.45) is -3.45. The maximum absolute atomic E-state index is 13.2. The SMILES string of the molecule is N#Cc1c(Cl)nc2c(ccn2[C@@H]2O[C@H](CS(=O)(=O)CP3(=O)OCOC(=O)OCCOC(=O)OCO3)[C@@H](O)[C@H]2O)c1NC1CCCC1. The summed E-state index contributed by atoms with van der Waals surface area (Å²) in [5.41, 5.74) is -0.512. The predicted molar refractivity (Wildman–Crippen MR) is 154 cm³/mol. The topological polar surface area (TPSA) is 244 Å². The summed E-state index contributed by atoms with van der Waals surface area (Å²) in [4.78, 5) is 27.5. The molecule has 5 rings (SSSR count). The van der Waals surface area contributed by atoms with Gasteiger partial charge in [0.1, 0.15) is 48.8 Å². The van der Waals surface area contributed by atoms with Crippen LogP contribution in [0.1, 0.15) is 37.5 Å². The number of hydrogen-bond donors (Lipinski definition) is 3. The lowest BCUT2D eigenvalue weighted by Crippen LogP contribution is -2.36. The quantitative estimate of drug-likeness (QED) is 0.212. The van der Waals surface area contributed by atoms with Crippen molar-refractivity contribution in [3.05, 3.63) is 23.0 Å². The lowest BCUT2D eigenvalue weighted by atomic mass is 10.1. The molecule has 1 saturated carbocycles. The third-order valence-corrected chi connectivity index (χ3v) is 12.3. The van der Waals surface area contributed by atoms with Gasteiger partial charge in [0.05, 0.1) is 11.4 Å². The molecule has 252 valence electrons. The molecule has 3 fully saturated rings. The summed E-state index contributed by atoms with van der Waals surface area (Å²) in [6.45, 7) is -2.85. The van der Waals surface area contributed by atoms with Crippen molar-refractivity contribution in [3.63, 3.8) is 0 Å². The molecule has 2 aromatic rings. The smallest absolute Gasteiger partial charge is 0.431 e. The first-order valence-electron chi connectivity index (χ1n) is 14.0. The number of ether oxygens (including phenoxy) is 5. The zero-order chi connectivity index (χ0) is 33.1. The molecule has 2 aliphatic heterocycles. The van der Waals surface area contributed by atoms with Crippen LogP contribution in [-0.4, -0.2) is 103 Å². The Balaban J connectivity index is 1.33. The van der Waals surface area contributed by atoms with Crippen molar-refractivity contribution in [2.24, 2.45) is 0 Å². The van der Waals surface area contributed by atoms with Crippen LogP contribution in [0, 0.1) is 11.3 Å². The fraction of sp³-hybridized carbons (Fsp3) is 0.600. The van der Waals surface area contributed by atoms with Gasteiger partial charge in [-0.05, 0) is 18.9 Å². The van der Waals surface area contributed by atoms with Gasteiger partial charge in [0, 0.05) is 17.6 Å². The van der Waals surface area contributed by atoms with E-state index in [9.17, 15) is 38.0 Å². The Hall–Kier alpha value is -3.21. The van der Waals surface area contributed by atoms with Crippen molar-refractivity contribution in [2.75, 3.05) is 43.4 Å². The predicted octanol–water partition coefficient (Wildman–Crippen LogP) is 2.37. The third kappa shape index (κ3) is 7.83. The highest BCUT2D eigenvalue weighted by atomic mass is 35.5. The molecular formula is C25H30ClN4O14PS. The average molecular weight is 709 g/mol. The van der Waals surface area contributed by atoms with Crippen molar-refractivity contribution >= 4 is 58.1 Å². The molecule has 3 N–H and O–H groups in total. The fourth-order valence-electron chi connectivity index (χ4n) is 5.27. The molecule has 0 unspecified atom stereocenters. The van der Waals surface area contributed by atoms with Crippen LogP contribution in [-0.2, 0) is 47.1 Å². The number of nitrogens with one attached hydrogen (secondary N) is 1. The van der Waals surface area contributed by atoms with Gasteiger partial charge in [-0.1, -0.05) is 24.4 Å². The average Bonchev–Trinajstić information content (AvgIpc) is 3.71. The van der Waals surface area contributed by atoms with Crippen LogP contribution in [0.15, 0.2) is 12.3 Å². The van der Waals surface area contributed by atoms with Crippen molar-refractivity contribution in [3.8, 4) is 6.07 Å². The minimum atomic E-state index is -4.69. The number of halogens is 1. The van der Waals surface area contributed by atoms with Gasteiger partial charge in [0.2, 0.25) is 13.6 Å². The minimum absolute atomic E-state index is 0.102. The minimum Gasteiger partial charge on any atom is -0.431 e. The van der Waals surface area contributed by atoms with Gasteiger partial charge in [-0.3, -0.25) is 13.6 Å². The van der Waals surface area contributed by atoms with E-state index in [1.54, 1.807) is 6.07 Å². The zero-order valence-electron chi connectivity index (χ0n) is 24.0. The lowest BCUT2D eigenvalue weighted by molar-refractivity contribution is -0.0288. The number of nitriles is 1. The summed E-state index contributed by atoms with van der Waals surface area (Å²) < 4.78 is 74.8. The van der Waals surface area contributed by atoms with E-state index < -0.39 is 92.3 Å². The van der Waals surface area contributed by atoms with Crippen LogP contribution in [0.2, 0.25) is 5.15 Å². The molecule has 0 bridgehead atoms. The number of aromatic nitrogens is 2. The van der Waals surface area contributed by atoms with Gasteiger partial charge in [-0.15, -0.1) is 0 Å². The number of aliphatic hydroxyl groups is 2. The van der Waals surface area contributed by atoms with Gasteiger partial charge >= 0.3 is 19.9 Å². The number of anilines is 1. The molecule has 0 aromatic carbocycles. The normalized spacial score (nSPS) is 26.5. The highest BCUT2D eigenvalue weighted by Crippen LogP contribution is 2.50. The van der Waals surface area contributed by atoms with Crippen LogP contribution < -0.4 is 5.32 Å². The Labute approximate surface area is 266 Å². The molecular weight excluding hydrogens is 679 g/mol. The molecule has 2 saturated heterocycles. The Bertz CT molecular complexity index is 1630. The van der Waals surface area contributed by atoms with Crippen LogP contribution in [0.3, 0.4) is 0 Å². The molecule has 4 atom stereocenters. The molecule has 4 heterocycles. The van der Waals surface area contributed by atoms with Gasteiger partial charge in [0.25, 0.3) is 0 Å².